The molecule has 0 aromatic heterocycles. The molecule has 4 aromatic carbocycles. The fraction of sp³-hybridized carbons (Fsp3) is 0.250. The van der Waals surface area contributed by atoms with Gasteiger partial charge in [-0.1, -0.05) is 84.9 Å². The zero-order valence-corrected chi connectivity index (χ0v) is 27.6. The van der Waals surface area contributed by atoms with Crippen molar-refractivity contribution in [1.29, 1.82) is 0 Å². The van der Waals surface area contributed by atoms with Crippen LogP contribution in [0.1, 0.15) is 22.3 Å². The van der Waals surface area contributed by atoms with Gasteiger partial charge in [-0.05, 0) is 46.5 Å². The van der Waals surface area contributed by atoms with E-state index in [1.54, 1.807) is 24.3 Å². The Balaban J connectivity index is 1.40. The molecule has 0 radical (unpaired) electrons. The second kappa shape index (κ2) is 17.0. The Kier molecular flexibility index (Phi) is 12.3. The van der Waals surface area contributed by atoms with Gasteiger partial charge in [0.1, 0.15) is 19.3 Å². The van der Waals surface area contributed by atoms with Crippen molar-refractivity contribution in [3.8, 4) is 0 Å². The maximum absolute atomic E-state index is 14.1. The number of cyclic esters (lactones) is 1. The van der Waals surface area contributed by atoms with Crippen LogP contribution in [0.25, 0.3) is 0 Å². The molecule has 3 N–H and O–H groups in total. The lowest BCUT2D eigenvalue weighted by molar-refractivity contribution is -0.148. The second-order valence-electron chi connectivity index (χ2n) is 10.8. The third kappa shape index (κ3) is 9.47. The quantitative estimate of drug-likeness (QED) is 0.0783. The molecule has 0 unspecified atom stereocenters. The first-order valence-corrected chi connectivity index (χ1v) is 16.9. The zero-order chi connectivity index (χ0) is 33.8. The number of hydrogen-bond acceptors (Lipinski definition) is 11. The molecule has 0 amide bonds. The van der Waals surface area contributed by atoms with E-state index < -0.39 is 32.6 Å². The maximum Gasteiger partial charge on any atom is 0.475 e. The number of anilines is 2. The molecule has 11 nitrogen and oxygen atoms in total. The standard InChI is InChI=1S/C36H39N2O9P/c1-37-30-17-13-28(14-18-30)22-42-34-33(46-36(40)35(34)43-23-29-15-19-31(38-2)20-16-29)32(21-39)47-48(41,44-24-26-9-5-3-6-10-26)45-25-27-11-7-4-8-12-27/h3-20,32-33,37-39H,21-25H2,1-2H3/t32-,33+/m0/s1. The highest BCUT2D eigenvalue weighted by Crippen LogP contribution is 2.53. The maximum atomic E-state index is 14.1. The number of benzene rings is 4. The van der Waals surface area contributed by atoms with Crippen LogP contribution in [0.2, 0.25) is 0 Å². The van der Waals surface area contributed by atoms with Crippen molar-refractivity contribution >= 4 is 25.2 Å². The summed E-state index contributed by atoms with van der Waals surface area (Å²) in [6.45, 7) is -0.834. The van der Waals surface area contributed by atoms with Gasteiger partial charge < -0.3 is 30.0 Å². The van der Waals surface area contributed by atoms with Crippen LogP contribution >= 0.6 is 7.82 Å². The molecule has 2 atom stereocenters. The van der Waals surface area contributed by atoms with Crippen LogP contribution in [0.4, 0.5) is 11.4 Å². The molecule has 0 fully saturated rings. The number of aliphatic hydroxyl groups is 1. The lowest BCUT2D eigenvalue weighted by Crippen LogP contribution is -2.35. The first kappa shape index (κ1) is 34.7. The summed E-state index contributed by atoms with van der Waals surface area (Å²) in [6.07, 6.45) is -2.72. The molecule has 1 heterocycles. The van der Waals surface area contributed by atoms with E-state index in [2.05, 4.69) is 10.6 Å². The molecule has 252 valence electrons. The number of esters is 1. The van der Waals surface area contributed by atoms with Crippen LogP contribution < -0.4 is 10.6 Å². The Morgan fingerprint density at radius 3 is 1.60 bits per heavy atom. The van der Waals surface area contributed by atoms with Crippen LogP contribution in [0.3, 0.4) is 0 Å². The van der Waals surface area contributed by atoms with E-state index in [1.165, 1.54) is 0 Å². The van der Waals surface area contributed by atoms with Crippen LogP contribution in [0.5, 0.6) is 0 Å². The Hall–Kier alpha value is -4.64. The molecule has 1 aliphatic rings. The largest absolute Gasteiger partial charge is 0.485 e. The number of aliphatic hydroxyl groups excluding tert-OH is 1. The predicted molar refractivity (Wildman–Crippen MR) is 180 cm³/mol. The van der Waals surface area contributed by atoms with Crippen molar-refractivity contribution in [2.75, 3.05) is 31.3 Å². The number of carbonyl (C=O) groups is 1. The van der Waals surface area contributed by atoms with Crippen molar-refractivity contribution in [2.45, 2.75) is 38.6 Å². The first-order valence-electron chi connectivity index (χ1n) is 15.4. The Morgan fingerprint density at radius 2 is 1.15 bits per heavy atom. The Bertz CT molecular complexity index is 1640. The number of phosphoric ester groups is 1. The van der Waals surface area contributed by atoms with Crippen molar-refractivity contribution in [1.82, 2.24) is 0 Å². The highest BCUT2D eigenvalue weighted by Gasteiger charge is 2.46. The lowest BCUT2D eigenvalue weighted by atomic mass is 10.1. The molecule has 5 rings (SSSR count). The fourth-order valence-electron chi connectivity index (χ4n) is 4.73. The molecule has 4 aromatic rings. The average Bonchev–Trinajstić information content (AvgIpc) is 3.45. The van der Waals surface area contributed by atoms with Crippen LogP contribution in [-0.2, 0) is 63.6 Å². The first-order chi connectivity index (χ1) is 23.4. The van der Waals surface area contributed by atoms with E-state index in [0.717, 1.165) is 33.6 Å². The summed E-state index contributed by atoms with van der Waals surface area (Å²) in [5.41, 5.74) is 4.88. The van der Waals surface area contributed by atoms with Gasteiger partial charge in [0.15, 0.2) is 11.9 Å². The molecule has 0 aliphatic carbocycles. The minimum atomic E-state index is -4.38. The van der Waals surface area contributed by atoms with E-state index >= 15 is 0 Å². The minimum absolute atomic E-state index is 0.0127. The smallest absolute Gasteiger partial charge is 0.475 e. The van der Waals surface area contributed by atoms with Crippen LogP contribution in [0.15, 0.2) is 121 Å². The van der Waals surface area contributed by atoms with Gasteiger partial charge in [-0.2, -0.15) is 0 Å². The third-order valence-electron chi connectivity index (χ3n) is 7.41. The van der Waals surface area contributed by atoms with Crippen molar-refractivity contribution < 1.29 is 42.2 Å². The normalized spacial score (nSPS) is 15.1. The summed E-state index contributed by atoms with van der Waals surface area (Å²) in [5, 5.41) is 16.6. The Labute approximate surface area is 280 Å². The monoisotopic (exact) mass is 674 g/mol. The second-order valence-corrected chi connectivity index (χ2v) is 12.4. The molecule has 0 spiro atoms. The molecule has 1 aliphatic heterocycles. The lowest BCUT2D eigenvalue weighted by Gasteiger charge is -2.27. The van der Waals surface area contributed by atoms with Crippen molar-refractivity contribution in [3.63, 3.8) is 0 Å². The number of ether oxygens (including phenoxy) is 3. The number of nitrogens with one attached hydrogen (secondary N) is 2. The molecule has 0 saturated carbocycles. The topological polar surface area (TPSA) is 134 Å². The summed E-state index contributed by atoms with van der Waals surface area (Å²) in [5.74, 6) is -1.02. The molecule has 0 bridgehead atoms. The molecular weight excluding hydrogens is 635 g/mol. The number of phosphoric acid groups is 1. The fourth-order valence-corrected chi connectivity index (χ4v) is 6.05. The summed E-state index contributed by atoms with van der Waals surface area (Å²) in [7, 11) is -0.745. The highest BCUT2D eigenvalue weighted by molar-refractivity contribution is 7.48. The van der Waals surface area contributed by atoms with Crippen LogP contribution in [-0.4, -0.2) is 44.0 Å². The number of carbonyl (C=O) groups excluding carboxylic acids is 1. The van der Waals surface area contributed by atoms with Gasteiger partial charge in [-0.15, -0.1) is 0 Å². The Morgan fingerprint density at radius 1 is 0.688 bits per heavy atom. The summed E-state index contributed by atoms with van der Waals surface area (Å²) < 4.78 is 49.3. The average molecular weight is 675 g/mol. The summed E-state index contributed by atoms with van der Waals surface area (Å²) in [6, 6.07) is 33.2. The van der Waals surface area contributed by atoms with Crippen molar-refractivity contribution in [3.05, 3.63) is 143 Å². The minimum Gasteiger partial charge on any atom is -0.485 e. The number of rotatable bonds is 18. The van der Waals surface area contributed by atoms with E-state index in [-0.39, 0.29) is 37.9 Å². The molecular formula is C36H39N2O9P. The summed E-state index contributed by atoms with van der Waals surface area (Å²) >= 11 is 0. The van der Waals surface area contributed by atoms with E-state index in [9.17, 15) is 14.5 Å². The van der Waals surface area contributed by atoms with E-state index in [4.69, 9.17) is 27.8 Å². The van der Waals surface area contributed by atoms with Crippen molar-refractivity contribution in [2.24, 2.45) is 0 Å². The van der Waals surface area contributed by atoms with Gasteiger partial charge >= 0.3 is 13.8 Å². The highest BCUT2D eigenvalue weighted by atomic mass is 31.2. The number of hydrogen-bond donors (Lipinski definition) is 3. The van der Waals surface area contributed by atoms with Gasteiger partial charge in [0, 0.05) is 25.5 Å². The molecule has 12 heteroatoms. The predicted octanol–water partition coefficient (Wildman–Crippen LogP) is 6.56. The van der Waals surface area contributed by atoms with E-state index in [0.29, 0.717) is 0 Å². The SMILES string of the molecule is CNc1ccc(COC2=C(OCc3ccc(NC)cc3)[C@@H]([C@H](CO)OP(=O)(OCc3ccccc3)OCc3ccccc3)OC2=O)cc1. The van der Waals surface area contributed by atoms with E-state index in [1.807, 2.05) is 99.0 Å². The van der Waals surface area contributed by atoms with Crippen LogP contribution in [0, 0.1) is 0 Å². The van der Waals surface area contributed by atoms with Gasteiger partial charge in [0.25, 0.3) is 0 Å². The summed E-state index contributed by atoms with van der Waals surface area (Å²) in [4.78, 5) is 13.2. The van der Waals surface area contributed by atoms with Gasteiger partial charge in [0.05, 0.1) is 19.8 Å². The molecule has 0 saturated heterocycles. The van der Waals surface area contributed by atoms with Gasteiger partial charge in [-0.25, -0.2) is 9.36 Å². The third-order valence-corrected chi connectivity index (χ3v) is 8.83. The van der Waals surface area contributed by atoms with Gasteiger partial charge in [-0.3, -0.25) is 13.6 Å². The van der Waals surface area contributed by atoms with Gasteiger partial charge in [0.2, 0.25) is 5.76 Å². The zero-order valence-electron chi connectivity index (χ0n) is 26.7. The molecule has 48 heavy (non-hydrogen) atoms.